The first-order chi connectivity index (χ1) is 12.1. The Morgan fingerprint density at radius 3 is 2.28 bits per heavy atom. The van der Waals surface area contributed by atoms with Crippen molar-refractivity contribution in [2.75, 3.05) is 6.54 Å². The van der Waals surface area contributed by atoms with E-state index in [0.717, 1.165) is 12.8 Å². The molecule has 0 unspecified atom stereocenters. The number of primary amides is 1. The van der Waals surface area contributed by atoms with Crippen molar-refractivity contribution < 1.29 is 9.59 Å². The number of nitrogens with two attached hydrogens (primary N) is 1. The number of nitrogens with one attached hydrogen (secondary N) is 1. The van der Waals surface area contributed by atoms with E-state index in [4.69, 9.17) is 5.73 Å². The summed E-state index contributed by atoms with van der Waals surface area (Å²) < 4.78 is 0. The van der Waals surface area contributed by atoms with E-state index >= 15 is 0 Å². The van der Waals surface area contributed by atoms with Crippen LogP contribution >= 0.6 is 0 Å². The summed E-state index contributed by atoms with van der Waals surface area (Å²) in [7, 11) is 0. The molecule has 25 heavy (non-hydrogen) atoms. The van der Waals surface area contributed by atoms with Crippen LogP contribution in [0.4, 0.5) is 0 Å². The molecule has 0 heterocycles. The second-order valence-corrected chi connectivity index (χ2v) is 6.83. The monoisotopic (exact) mass is 336 g/mol. The third-order valence-corrected chi connectivity index (χ3v) is 5.19. The summed E-state index contributed by atoms with van der Waals surface area (Å²) in [6, 6.07) is 17.0. The Kier molecular flexibility index (Phi) is 5.17. The predicted molar refractivity (Wildman–Crippen MR) is 98.5 cm³/mol. The molecule has 0 bridgehead atoms. The van der Waals surface area contributed by atoms with E-state index in [2.05, 4.69) is 29.6 Å². The minimum Gasteiger partial charge on any atom is -0.366 e. The molecule has 2 aromatic rings. The molecular formula is C21H24N2O2. The third-order valence-electron chi connectivity index (χ3n) is 5.19. The van der Waals surface area contributed by atoms with E-state index in [-0.39, 0.29) is 11.3 Å². The van der Waals surface area contributed by atoms with Gasteiger partial charge in [0.05, 0.1) is 0 Å². The molecule has 130 valence electrons. The van der Waals surface area contributed by atoms with Gasteiger partial charge < -0.3 is 11.1 Å². The zero-order chi connectivity index (χ0) is 17.7. The largest absolute Gasteiger partial charge is 0.366 e. The van der Waals surface area contributed by atoms with Crippen molar-refractivity contribution in [1.29, 1.82) is 0 Å². The van der Waals surface area contributed by atoms with Gasteiger partial charge in [0.2, 0.25) is 5.91 Å². The Bertz CT molecular complexity index is 750. The number of hydrogen-bond acceptors (Lipinski definition) is 2. The Morgan fingerprint density at radius 1 is 0.920 bits per heavy atom. The average molecular weight is 336 g/mol. The van der Waals surface area contributed by atoms with Crippen LogP contribution in [-0.4, -0.2) is 18.4 Å². The van der Waals surface area contributed by atoms with Crippen LogP contribution in [0.2, 0.25) is 0 Å². The first kappa shape index (κ1) is 17.2. The molecule has 1 saturated carbocycles. The van der Waals surface area contributed by atoms with Gasteiger partial charge in [0, 0.05) is 23.1 Å². The molecule has 2 aromatic carbocycles. The summed E-state index contributed by atoms with van der Waals surface area (Å²) in [6.07, 6.45) is 5.78. The fraction of sp³-hybridized carbons (Fsp3) is 0.333. The summed E-state index contributed by atoms with van der Waals surface area (Å²) in [5.41, 5.74) is 7.41. The number of rotatable bonds is 5. The predicted octanol–water partition coefficient (Wildman–Crippen LogP) is 3.42. The number of hydrogen-bond donors (Lipinski definition) is 2. The summed E-state index contributed by atoms with van der Waals surface area (Å²) in [5, 5.41) is 3.08. The quantitative estimate of drug-likeness (QED) is 0.878. The van der Waals surface area contributed by atoms with Crippen molar-refractivity contribution in [2.24, 2.45) is 5.73 Å². The van der Waals surface area contributed by atoms with Crippen LogP contribution in [-0.2, 0) is 5.41 Å². The average Bonchev–Trinajstić information content (AvgIpc) is 2.67. The van der Waals surface area contributed by atoms with Crippen LogP contribution in [0.15, 0.2) is 54.6 Å². The summed E-state index contributed by atoms with van der Waals surface area (Å²) in [5.74, 6) is -0.688. The Labute approximate surface area is 148 Å². The molecule has 1 fully saturated rings. The molecule has 0 radical (unpaired) electrons. The highest BCUT2D eigenvalue weighted by molar-refractivity contribution is 5.99. The second-order valence-electron chi connectivity index (χ2n) is 6.83. The number of carbonyl (C=O) groups is 2. The molecule has 0 spiro atoms. The normalized spacial score (nSPS) is 16.2. The molecule has 1 aliphatic carbocycles. The molecule has 2 amide bonds. The molecule has 3 rings (SSSR count). The lowest BCUT2D eigenvalue weighted by Crippen LogP contribution is -2.42. The van der Waals surface area contributed by atoms with Crippen molar-refractivity contribution in [3.63, 3.8) is 0 Å². The second kappa shape index (κ2) is 7.51. The van der Waals surface area contributed by atoms with Gasteiger partial charge >= 0.3 is 0 Å². The Morgan fingerprint density at radius 2 is 1.60 bits per heavy atom. The van der Waals surface area contributed by atoms with E-state index in [1.165, 1.54) is 24.8 Å². The van der Waals surface area contributed by atoms with Crippen LogP contribution in [0.1, 0.15) is 58.4 Å². The highest BCUT2D eigenvalue weighted by atomic mass is 16.2. The minimum atomic E-state index is -0.525. The maximum atomic E-state index is 12.6. The maximum Gasteiger partial charge on any atom is 0.251 e. The summed E-state index contributed by atoms with van der Waals surface area (Å²) >= 11 is 0. The van der Waals surface area contributed by atoms with Crippen molar-refractivity contribution >= 4 is 11.8 Å². The van der Waals surface area contributed by atoms with Gasteiger partial charge in [0.25, 0.3) is 5.91 Å². The molecule has 4 nitrogen and oxygen atoms in total. The first-order valence-corrected chi connectivity index (χ1v) is 8.84. The topological polar surface area (TPSA) is 72.2 Å². The highest BCUT2D eigenvalue weighted by Gasteiger charge is 2.34. The van der Waals surface area contributed by atoms with Crippen molar-refractivity contribution in [1.82, 2.24) is 5.32 Å². The van der Waals surface area contributed by atoms with Crippen molar-refractivity contribution in [3.8, 4) is 0 Å². The zero-order valence-corrected chi connectivity index (χ0v) is 14.3. The molecule has 4 heteroatoms. The first-order valence-electron chi connectivity index (χ1n) is 8.84. The van der Waals surface area contributed by atoms with Gasteiger partial charge in [-0.2, -0.15) is 0 Å². The molecule has 0 aromatic heterocycles. The summed E-state index contributed by atoms with van der Waals surface area (Å²) in [6.45, 7) is 0.608. The molecule has 0 aliphatic heterocycles. The van der Waals surface area contributed by atoms with Crippen LogP contribution in [0.5, 0.6) is 0 Å². The van der Waals surface area contributed by atoms with E-state index < -0.39 is 5.91 Å². The lowest BCUT2D eigenvalue weighted by Gasteiger charge is -2.38. The molecule has 1 aliphatic rings. The fourth-order valence-electron chi connectivity index (χ4n) is 3.75. The van der Waals surface area contributed by atoms with Gasteiger partial charge in [-0.25, -0.2) is 0 Å². The Hall–Kier alpha value is -2.62. The van der Waals surface area contributed by atoms with E-state index in [1.54, 1.807) is 24.3 Å². The van der Waals surface area contributed by atoms with Gasteiger partial charge in [-0.3, -0.25) is 9.59 Å². The molecule has 3 N–H and O–H groups in total. The SMILES string of the molecule is NC(=O)c1cccc(C(=O)NCC2(c3ccccc3)CCCCC2)c1. The number of carbonyl (C=O) groups excluding carboxylic acids is 2. The van der Waals surface area contributed by atoms with E-state index in [1.807, 2.05) is 6.07 Å². The van der Waals surface area contributed by atoms with Gasteiger partial charge in [0.15, 0.2) is 0 Å². The third kappa shape index (κ3) is 3.90. The van der Waals surface area contributed by atoms with Crippen LogP contribution in [0.3, 0.4) is 0 Å². The van der Waals surface area contributed by atoms with Gasteiger partial charge in [-0.05, 0) is 36.6 Å². The maximum absolute atomic E-state index is 12.6. The summed E-state index contributed by atoms with van der Waals surface area (Å²) in [4.78, 5) is 23.9. The number of benzene rings is 2. The zero-order valence-electron chi connectivity index (χ0n) is 14.3. The fourth-order valence-corrected chi connectivity index (χ4v) is 3.75. The van der Waals surface area contributed by atoms with Crippen LogP contribution in [0.25, 0.3) is 0 Å². The lowest BCUT2D eigenvalue weighted by atomic mass is 9.69. The van der Waals surface area contributed by atoms with E-state index in [0.29, 0.717) is 17.7 Å². The van der Waals surface area contributed by atoms with E-state index in [9.17, 15) is 9.59 Å². The smallest absolute Gasteiger partial charge is 0.251 e. The lowest BCUT2D eigenvalue weighted by molar-refractivity contribution is 0.0936. The molecule has 0 saturated heterocycles. The molecule has 0 atom stereocenters. The minimum absolute atomic E-state index is 0.00350. The highest BCUT2D eigenvalue weighted by Crippen LogP contribution is 2.38. The van der Waals surface area contributed by atoms with Gasteiger partial charge in [0.1, 0.15) is 0 Å². The van der Waals surface area contributed by atoms with Crippen LogP contribution < -0.4 is 11.1 Å². The van der Waals surface area contributed by atoms with Crippen LogP contribution in [0, 0.1) is 0 Å². The van der Waals surface area contributed by atoms with Gasteiger partial charge in [-0.15, -0.1) is 0 Å². The molecular weight excluding hydrogens is 312 g/mol. The number of amides is 2. The van der Waals surface area contributed by atoms with Crippen molar-refractivity contribution in [2.45, 2.75) is 37.5 Å². The van der Waals surface area contributed by atoms with Crippen molar-refractivity contribution in [3.05, 3.63) is 71.3 Å². The van der Waals surface area contributed by atoms with Gasteiger partial charge in [-0.1, -0.05) is 55.7 Å². The Balaban J connectivity index is 1.76. The standard InChI is InChI=1S/C21H24N2O2/c22-19(24)16-8-7-9-17(14-16)20(25)23-15-21(12-5-2-6-13-21)18-10-3-1-4-11-18/h1,3-4,7-11,14H,2,5-6,12-13,15H2,(H2,22,24)(H,23,25).